The fraction of sp³-hybridized carbons (Fsp3) is 0.545. The molecule has 8 nitrogen and oxygen atoms in total. The molecule has 30 heavy (non-hydrogen) atoms. The number of nitrogens with zero attached hydrogens (tertiary/aromatic N) is 3. The van der Waals surface area contributed by atoms with Crippen molar-refractivity contribution in [3.8, 4) is 0 Å². The summed E-state index contributed by atoms with van der Waals surface area (Å²) in [5.41, 5.74) is 1.74. The lowest BCUT2D eigenvalue weighted by Gasteiger charge is -2.62. The van der Waals surface area contributed by atoms with Crippen LogP contribution in [0.15, 0.2) is 18.2 Å². The van der Waals surface area contributed by atoms with Crippen molar-refractivity contribution in [3.05, 3.63) is 29.3 Å². The Morgan fingerprint density at radius 1 is 0.967 bits per heavy atom. The number of nitrogens with one attached hydrogen (secondary N) is 1. The van der Waals surface area contributed by atoms with Crippen LogP contribution in [-0.2, 0) is 9.59 Å². The molecule has 4 saturated heterocycles. The second kappa shape index (κ2) is 6.38. The van der Waals surface area contributed by atoms with Gasteiger partial charge in [-0.3, -0.25) is 34.3 Å². The molecule has 3 unspecified atom stereocenters. The molecule has 0 aliphatic carbocycles. The van der Waals surface area contributed by atoms with E-state index in [1.54, 1.807) is 12.1 Å². The lowest BCUT2D eigenvalue weighted by molar-refractivity contribution is -0.136. The van der Waals surface area contributed by atoms with Crippen molar-refractivity contribution in [1.29, 1.82) is 0 Å². The SMILES string of the molecule is CC(C)(C)N1C2CC1CN(c1ccc3c(c1)C(=O)N(C1CCC(=O)NC1=O)C3=O)C2. The van der Waals surface area contributed by atoms with Gasteiger partial charge in [-0.15, -0.1) is 0 Å². The van der Waals surface area contributed by atoms with Crippen molar-refractivity contribution in [2.45, 2.75) is 63.7 Å². The fourth-order valence-electron chi connectivity index (χ4n) is 5.57. The van der Waals surface area contributed by atoms with Crippen molar-refractivity contribution in [3.63, 3.8) is 0 Å². The van der Waals surface area contributed by atoms with Crippen LogP contribution in [0, 0.1) is 0 Å². The van der Waals surface area contributed by atoms with E-state index >= 15 is 0 Å². The van der Waals surface area contributed by atoms with E-state index in [4.69, 9.17) is 0 Å². The zero-order valence-corrected chi connectivity index (χ0v) is 17.5. The van der Waals surface area contributed by atoms with Crippen LogP contribution in [0.25, 0.3) is 0 Å². The summed E-state index contributed by atoms with van der Waals surface area (Å²) in [6.45, 7) is 8.51. The Balaban J connectivity index is 1.37. The topological polar surface area (TPSA) is 90.0 Å². The average Bonchev–Trinajstić information content (AvgIpc) is 2.91. The Kier molecular flexibility index (Phi) is 4.09. The van der Waals surface area contributed by atoms with Crippen LogP contribution in [0.4, 0.5) is 5.69 Å². The van der Waals surface area contributed by atoms with Crippen LogP contribution in [-0.4, -0.2) is 70.2 Å². The van der Waals surface area contributed by atoms with Gasteiger partial charge in [-0.25, -0.2) is 0 Å². The van der Waals surface area contributed by atoms with Crippen LogP contribution in [0.5, 0.6) is 0 Å². The van der Waals surface area contributed by atoms with Gasteiger partial charge in [-0.1, -0.05) is 0 Å². The molecule has 5 aliphatic heterocycles. The highest BCUT2D eigenvalue weighted by Crippen LogP contribution is 2.40. The number of benzene rings is 1. The molecular weight excluding hydrogens is 384 g/mol. The maximum absolute atomic E-state index is 13.0. The van der Waals surface area contributed by atoms with Crippen LogP contribution in [0.1, 0.15) is 60.7 Å². The number of carbonyl (C=O) groups is 4. The number of carbonyl (C=O) groups excluding carboxylic acids is 4. The number of piperidine rings is 2. The minimum Gasteiger partial charge on any atom is -0.368 e. The van der Waals surface area contributed by atoms with Gasteiger partial charge < -0.3 is 4.90 Å². The number of amides is 4. The van der Waals surface area contributed by atoms with Gasteiger partial charge in [0.15, 0.2) is 0 Å². The minimum atomic E-state index is -0.929. The number of anilines is 1. The summed E-state index contributed by atoms with van der Waals surface area (Å²) in [7, 11) is 0. The molecule has 4 amide bonds. The van der Waals surface area contributed by atoms with E-state index in [0.29, 0.717) is 23.2 Å². The molecule has 3 atom stereocenters. The highest BCUT2D eigenvalue weighted by Gasteiger charge is 2.49. The van der Waals surface area contributed by atoms with E-state index < -0.39 is 23.8 Å². The molecule has 1 aromatic carbocycles. The van der Waals surface area contributed by atoms with Gasteiger partial charge in [0.1, 0.15) is 6.04 Å². The molecule has 5 aliphatic rings. The maximum atomic E-state index is 13.0. The first kappa shape index (κ1) is 19.2. The summed E-state index contributed by atoms with van der Waals surface area (Å²) in [4.78, 5) is 55.4. The smallest absolute Gasteiger partial charge is 0.262 e. The fourth-order valence-corrected chi connectivity index (χ4v) is 5.57. The Morgan fingerprint density at radius 3 is 2.27 bits per heavy atom. The van der Waals surface area contributed by atoms with E-state index in [1.807, 2.05) is 6.07 Å². The zero-order valence-electron chi connectivity index (χ0n) is 17.5. The van der Waals surface area contributed by atoms with Crippen molar-refractivity contribution in [2.75, 3.05) is 18.0 Å². The second-order valence-electron chi connectivity index (χ2n) is 9.70. The molecule has 8 heteroatoms. The lowest BCUT2D eigenvalue weighted by atomic mass is 9.82. The van der Waals surface area contributed by atoms with Gasteiger partial charge in [0.05, 0.1) is 11.1 Å². The van der Waals surface area contributed by atoms with Crippen molar-refractivity contribution in [2.24, 2.45) is 0 Å². The third kappa shape index (κ3) is 2.77. The second-order valence-corrected chi connectivity index (χ2v) is 9.70. The number of hydrogen-bond acceptors (Lipinski definition) is 6. The third-order valence-electron chi connectivity index (χ3n) is 6.76. The molecule has 158 valence electrons. The first-order valence-electron chi connectivity index (χ1n) is 10.5. The molecule has 6 rings (SSSR count). The summed E-state index contributed by atoms with van der Waals surface area (Å²) < 4.78 is 0. The van der Waals surface area contributed by atoms with Crippen LogP contribution < -0.4 is 10.2 Å². The molecule has 0 aromatic heterocycles. The van der Waals surface area contributed by atoms with Crippen LogP contribution >= 0.6 is 0 Å². The quantitative estimate of drug-likeness (QED) is 0.736. The van der Waals surface area contributed by atoms with Crippen LogP contribution in [0.3, 0.4) is 0 Å². The van der Waals surface area contributed by atoms with Crippen molar-refractivity contribution >= 4 is 29.3 Å². The van der Waals surface area contributed by atoms with Gasteiger partial charge in [0, 0.05) is 42.8 Å². The molecule has 2 bridgehead atoms. The van der Waals surface area contributed by atoms with E-state index in [9.17, 15) is 19.2 Å². The van der Waals surface area contributed by atoms with E-state index in [1.165, 1.54) is 6.42 Å². The van der Waals surface area contributed by atoms with Gasteiger partial charge in [0.2, 0.25) is 11.8 Å². The van der Waals surface area contributed by atoms with E-state index in [2.05, 4.69) is 35.9 Å². The Labute approximate surface area is 175 Å². The Bertz CT molecular complexity index is 970. The predicted octanol–water partition coefficient (Wildman–Crippen LogP) is 1.15. The van der Waals surface area contributed by atoms with Crippen molar-refractivity contribution in [1.82, 2.24) is 15.1 Å². The monoisotopic (exact) mass is 410 g/mol. The van der Waals surface area contributed by atoms with Crippen LogP contribution in [0.2, 0.25) is 0 Å². The minimum absolute atomic E-state index is 0.121. The number of rotatable bonds is 2. The summed E-state index contributed by atoms with van der Waals surface area (Å²) in [6.07, 6.45) is 1.48. The Hall–Kier alpha value is -2.74. The highest BCUT2D eigenvalue weighted by atomic mass is 16.2. The summed E-state index contributed by atoms with van der Waals surface area (Å²) in [5, 5.41) is 2.23. The molecule has 0 radical (unpaired) electrons. The molecular formula is C22H26N4O4. The van der Waals surface area contributed by atoms with Gasteiger partial charge in [-0.2, -0.15) is 0 Å². The third-order valence-corrected chi connectivity index (χ3v) is 6.76. The average molecular weight is 410 g/mol. The zero-order chi connectivity index (χ0) is 21.4. The number of hydrogen-bond donors (Lipinski definition) is 1. The largest absolute Gasteiger partial charge is 0.368 e. The first-order chi connectivity index (χ1) is 14.1. The standard InChI is InChI=1S/C22H26N4O4/c1-22(2,3)26-13-8-14(26)11-24(10-13)12-4-5-15-16(9-12)21(30)25(20(15)29)17-6-7-18(27)23-19(17)28/h4-5,9,13-14,17H,6-8,10-11H2,1-3H3,(H,23,27,28). The van der Waals surface area contributed by atoms with Gasteiger partial charge in [0.25, 0.3) is 11.8 Å². The number of piperazine rings is 1. The maximum Gasteiger partial charge on any atom is 0.262 e. The summed E-state index contributed by atoms with van der Waals surface area (Å²) in [5.74, 6) is -1.87. The number of imide groups is 2. The van der Waals surface area contributed by atoms with E-state index in [-0.39, 0.29) is 24.3 Å². The summed E-state index contributed by atoms with van der Waals surface area (Å²) >= 11 is 0. The number of fused-ring (bicyclic) bond motifs is 3. The van der Waals surface area contributed by atoms with E-state index in [0.717, 1.165) is 23.7 Å². The predicted molar refractivity (Wildman–Crippen MR) is 109 cm³/mol. The molecule has 0 saturated carbocycles. The van der Waals surface area contributed by atoms with Crippen molar-refractivity contribution < 1.29 is 19.2 Å². The molecule has 0 spiro atoms. The highest BCUT2D eigenvalue weighted by molar-refractivity contribution is 6.23. The van der Waals surface area contributed by atoms with Gasteiger partial charge >= 0.3 is 0 Å². The molecule has 5 heterocycles. The normalized spacial score (nSPS) is 29.1. The molecule has 1 N–H and O–H groups in total. The van der Waals surface area contributed by atoms with Gasteiger partial charge in [-0.05, 0) is 51.8 Å². The Morgan fingerprint density at radius 2 is 1.63 bits per heavy atom. The first-order valence-corrected chi connectivity index (χ1v) is 10.5. The lowest BCUT2D eigenvalue weighted by Crippen LogP contribution is -2.73. The molecule has 4 fully saturated rings. The summed E-state index contributed by atoms with van der Waals surface area (Å²) in [6, 6.07) is 5.43. The molecule has 1 aromatic rings.